The van der Waals surface area contributed by atoms with Crippen molar-refractivity contribution in [3.63, 3.8) is 0 Å². The van der Waals surface area contributed by atoms with E-state index in [-0.39, 0.29) is 23.8 Å². The number of sulfonamides is 1. The molecule has 10 nitrogen and oxygen atoms in total. The predicted molar refractivity (Wildman–Crippen MR) is 158 cm³/mol. The number of rotatable bonds is 9. The van der Waals surface area contributed by atoms with Crippen molar-refractivity contribution in [3.05, 3.63) is 82.7 Å². The number of carbonyl (C=O) groups is 2. The van der Waals surface area contributed by atoms with Crippen molar-refractivity contribution >= 4 is 43.8 Å². The number of hydrogen-bond acceptors (Lipinski definition) is 8. The zero-order valence-electron chi connectivity index (χ0n) is 24.0. The number of halogens is 1. The smallest absolute Gasteiger partial charge is 0.416 e. The summed E-state index contributed by atoms with van der Waals surface area (Å²) >= 11 is 3.40. The predicted octanol–water partition coefficient (Wildman–Crippen LogP) is 5.71. The monoisotopic (exact) mass is 646 g/mol. The molecule has 1 amide bonds. The summed E-state index contributed by atoms with van der Waals surface area (Å²) in [6.45, 7) is 9.81. The van der Waals surface area contributed by atoms with E-state index in [1.807, 2.05) is 24.3 Å². The SMILES string of the molecule is CC(C)(C)OC(=O)CN(C(=O)OC(C)(C)C)c1cccc(CN(Cc2ccc(Br)cc2)S(=O)(=O)c2cccnc2)n1. The lowest BCUT2D eigenvalue weighted by Gasteiger charge is -2.28. The number of pyridine rings is 2. The molecule has 0 aliphatic heterocycles. The van der Waals surface area contributed by atoms with E-state index in [9.17, 15) is 18.0 Å². The van der Waals surface area contributed by atoms with Gasteiger partial charge in [0.05, 0.1) is 12.2 Å². The van der Waals surface area contributed by atoms with Crippen molar-refractivity contribution < 1.29 is 27.5 Å². The van der Waals surface area contributed by atoms with Crippen LogP contribution < -0.4 is 4.90 Å². The Balaban J connectivity index is 1.98. The van der Waals surface area contributed by atoms with Gasteiger partial charge in [-0.05, 0) is 83.5 Å². The van der Waals surface area contributed by atoms with Gasteiger partial charge in [-0.15, -0.1) is 0 Å². The van der Waals surface area contributed by atoms with Crippen molar-refractivity contribution in [1.29, 1.82) is 0 Å². The maximum atomic E-state index is 13.7. The number of anilines is 1. The summed E-state index contributed by atoms with van der Waals surface area (Å²) in [5.74, 6) is -0.531. The van der Waals surface area contributed by atoms with Crippen LogP contribution in [0.15, 0.2) is 76.4 Å². The van der Waals surface area contributed by atoms with E-state index in [2.05, 4.69) is 25.9 Å². The van der Waals surface area contributed by atoms with Gasteiger partial charge >= 0.3 is 12.1 Å². The molecule has 3 aromatic rings. The van der Waals surface area contributed by atoms with E-state index in [1.54, 1.807) is 65.8 Å². The fourth-order valence-electron chi connectivity index (χ4n) is 3.61. The van der Waals surface area contributed by atoms with Gasteiger partial charge in [-0.1, -0.05) is 34.1 Å². The van der Waals surface area contributed by atoms with Crippen molar-refractivity contribution in [2.75, 3.05) is 11.4 Å². The van der Waals surface area contributed by atoms with Crippen LogP contribution in [0.4, 0.5) is 10.6 Å². The van der Waals surface area contributed by atoms with Crippen LogP contribution in [0, 0.1) is 0 Å². The van der Waals surface area contributed by atoms with E-state index < -0.39 is 39.8 Å². The molecule has 0 fully saturated rings. The molecule has 0 aliphatic rings. The molecular weight excluding hydrogens is 612 g/mol. The van der Waals surface area contributed by atoms with Gasteiger partial charge < -0.3 is 9.47 Å². The standard InChI is InChI=1S/C29H35BrN4O6S/c1-28(2,3)39-26(35)20-34(27(36)40-29(4,5)6)25-11-7-9-23(32-25)19-33(18-21-12-14-22(30)15-13-21)41(37,38)24-10-8-16-31-17-24/h7-17H,18-20H2,1-6H3. The number of ether oxygens (including phenoxy) is 2. The molecule has 41 heavy (non-hydrogen) atoms. The molecule has 2 heterocycles. The number of hydrogen-bond donors (Lipinski definition) is 0. The summed E-state index contributed by atoms with van der Waals surface area (Å²) in [5, 5.41) is 0. The van der Waals surface area contributed by atoms with E-state index in [4.69, 9.17) is 9.47 Å². The number of amides is 1. The van der Waals surface area contributed by atoms with Crippen molar-refractivity contribution in [1.82, 2.24) is 14.3 Å². The second kappa shape index (κ2) is 13.1. The van der Waals surface area contributed by atoms with E-state index in [0.717, 1.165) is 14.9 Å². The highest BCUT2D eigenvalue weighted by molar-refractivity contribution is 9.10. The number of esters is 1. The Morgan fingerprint density at radius 3 is 2.12 bits per heavy atom. The third-order valence-electron chi connectivity index (χ3n) is 5.27. The maximum absolute atomic E-state index is 13.7. The van der Waals surface area contributed by atoms with Crippen LogP contribution in [0.5, 0.6) is 0 Å². The van der Waals surface area contributed by atoms with Crippen LogP contribution in [-0.2, 0) is 37.4 Å². The summed E-state index contributed by atoms with van der Waals surface area (Å²) in [5.41, 5.74) is -0.484. The maximum Gasteiger partial charge on any atom is 0.416 e. The highest BCUT2D eigenvalue weighted by Gasteiger charge is 2.30. The molecule has 3 rings (SSSR count). The van der Waals surface area contributed by atoms with E-state index >= 15 is 0 Å². The molecule has 220 valence electrons. The van der Waals surface area contributed by atoms with Crippen LogP contribution in [0.2, 0.25) is 0 Å². The minimum absolute atomic E-state index is 0.0357. The highest BCUT2D eigenvalue weighted by atomic mass is 79.9. The molecule has 2 aromatic heterocycles. The Labute approximate surface area is 249 Å². The molecule has 0 bridgehead atoms. The van der Waals surface area contributed by atoms with Crippen molar-refractivity contribution in [2.45, 2.75) is 70.7 Å². The Bertz CT molecular complexity index is 1450. The Hall–Kier alpha value is -3.35. The molecule has 0 saturated carbocycles. The zero-order chi connectivity index (χ0) is 30.4. The molecule has 0 aliphatic carbocycles. The Morgan fingerprint density at radius 1 is 0.878 bits per heavy atom. The lowest BCUT2D eigenvalue weighted by molar-refractivity contribution is -0.153. The molecule has 0 N–H and O–H groups in total. The molecule has 0 saturated heterocycles. The molecule has 0 spiro atoms. The molecule has 1 aromatic carbocycles. The first-order chi connectivity index (χ1) is 19.0. The zero-order valence-corrected chi connectivity index (χ0v) is 26.4. The minimum Gasteiger partial charge on any atom is -0.459 e. The van der Waals surface area contributed by atoms with Crippen LogP contribution in [0.3, 0.4) is 0 Å². The van der Waals surface area contributed by atoms with Gasteiger partial charge in [0.15, 0.2) is 0 Å². The second-order valence-electron chi connectivity index (χ2n) is 11.2. The third kappa shape index (κ3) is 9.91. The fourth-order valence-corrected chi connectivity index (χ4v) is 5.24. The van der Waals surface area contributed by atoms with Gasteiger partial charge in [0.1, 0.15) is 28.5 Å². The van der Waals surface area contributed by atoms with Crippen LogP contribution in [0.25, 0.3) is 0 Å². The molecular formula is C29H35BrN4O6S. The summed E-state index contributed by atoms with van der Waals surface area (Å²) in [6, 6.07) is 15.2. The average Bonchev–Trinajstić information content (AvgIpc) is 2.87. The molecule has 0 unspecified atom stereocenters. The minimum atomic E-state index is -3.98. The summed E-state index contributed by atoms with van der Waals surface area (Å²) in [6.07, 6.45) is 2.00. The van der Waals surface area contributed by atoms with E-state index in [1.165, 1.54) is 22.8 Å². The molecule has 0 atom stereocenters. The Morgan fingerprint density at radius 2 is 1.54 bits per heavy atom. The normalized spacial score (nSPS) is 12.2. The number of nitrogens with zero attached hydrogens (tertiary/aromatic N) is 4. The average molecular weight is 648 g/mol. The lowest BCUT2D eigenvalue weighted by Crippen LogP contribution is -2.42. The number of aromatic nitrogens is 2. The van der Waals surface area contributed by atoms with Gasteiger partial charge in [-0.3, -0.25) is 14.7 Å². The highest BCUT2D eigenvalue weighted by Crippen LogP contribution is 2.23. The van der Waals surface area contributed by atoms with Gasteiger partial charge in [0, 0.05) is 23.4 Å². The van der Waals surface area contributed by atoms with Gasteiger partial charge in [0.25, 0.3) is 0 Å². The van der Waals surface area contributed by atoms with Gasteiger partial charge in [0.2, 0.25) is 10.0 Å². The third-order valence-corrected chi connectivity index (χ3v) is 7.58. The first-order valence-corrected chi connectivity index (χ1v) is 15.1. The fraction of sp³-hybridized carbons (Fsp3) is 0.379. The summed E-state index contributed by atoms with van der Waals surface area (Å²) < 4.78 is 40.4. The van der Waals surface area contributed by atoms with Crippen molar-refractivity contribution in [3.8, 4) is 0 Å². The van der Waals surface area contributed by atoms with E-state index in [0.29, 0.717) is 5.69 Å². The largest absolute Gasteiger partial charge is 0.459 e. The second-order valence-corrected chi connectivity index (χ2v) is 14.1. The number of carbonyl (C=O) groups excluding carboxylic acids is 2. The molecule has 12 heteroatoms. The van der Waals surface area contributed by atoms with Crippen molar-refractivity contribution in [2.24, 2.45) is 0 Å². The van der Waals surface area contributed by atoms with Crippen LogP contribution in [-0.4, -0.2) is 52.5 Å². The quantitative estimate of drug-likeness (QED) is 0.271. The topological polar surface area (TPSA) is 119 Å². The number of benzene rings is 1. The first kappa shape index (κ1) is 32.2. The summed E-state index contributed by atoms with van der Waals surface area (Å²) in [7, 11) is -3.98. The lowest BCUT2D eigenvalue weighted by atomic mass is 10.2. The summed E-state index contributed by atoms with van der Waals surface area (Å²) in [4.78, 5) is 35.5. The van der Waals surface area contributed by atoms with Crippen LogP contribution >= 0.6 is 15.9 Å². The van der Waals surface area contributed by atoms with Gasteiger partial charge in [-0.25, -0.2) is 18.2 Å². The first-order valence-electron chi connectivity index (χ1n) is 12.9. The molecule has 0 radical (unpaired) electrons. The van der Waals surface area contributed by atoms with Gasteiger partial charge in [-0.2, -0.15) is 4.31 Å². The Kier molecular flexibility index (Phi) is 10.3. The van der Waals surface area contributed by atoms with Crippen LogP contribution in [0.1, 0.15) is 52.8 Å².